The molecule has 1 aromatic carbocycles. The molecule has 0 saturated heterocycles. The first-order valence-electron chi connectivity index (χ1n) is 5.21. The molecular weight excluding hydrogens is 196 g/mol. The van der Waals surface area contributed by atoms with E-state index in [4.69, 9.17) is 11.6 Å². The van der Waals surface area contributed by atoms with E-state index >= 15 is 0 Å². The molecule has 1 aliphatic carbocycles. The molecule has 2 atom stereocenters. The van der Waals surface area contributed by atoms with Gasteiger partial charge in [0.05, 0.1) is 6.10 Å². The van der Waals surface area contributed by atoms with Gasteiger partial charge >= 0.3 is 0 Å². The fourth-order valence-electron chi connectivity index (χ4n) is 2.25. The maximum Gasteiger partial charge on any atom is 0.0609 e. The molecule has 76 valence electrons. The van der Waals surface area contributed by atoms with Crippen LogP contribution in [-0.4, -0.2) is 11.2 Å². The fourth-order valence-corrected chi connectivity index (χ4v) is 2.53. The first-order valence-corrected chi connectivity index (χ1v) is 5.59. The van der Waals surface area contributed by atoms with Crippen LogP contribution in [0.3, 0.4) is 0 Å². The molecule has 0 aromatic heterocycles. The van der Waals surface area contributed by atoms with E-state index in [1.165, 1.54) is 6.42 Å². The van der Waals surface area contributed by atoms with Crippen LogP contribution >= 0.6 is 11.6 Å². The van der Waals surface area contributed by atoms with Crippen molar-refractivity contribution in [2.45, 2.75) is 37.7 Å². The van der Waals surface area contributed by atoms with Crippen LogP contribution in [0.4, 0.5) is 0 Å². The Hall–Kier alpha value is -0.530. The van der Waals surface area contributed by atoms with Crippen molar-refractivity contribution in [3.05, 3.63) is 34.9 Å². The Labute approximate surface area is 89.7 Å². The molecule has 1 aromatic rings. The molecule has 0 bridgehead atoms. The van der Waals surface area contributed by atoms with Gasteiger partial charge in [-0.3, -0.25) is 0 Å². The monoisotopic (exact) mass is 210 g/mol. The van der Waals surface area contributed by atoms with Gasteiger partial charge in [-0.25, -0.2) is 0 Å². The van der Waals surface area contributed by atoms with Crippen molar-refractivity contribution in [1.82, 2.24) is 0 Å². The highest BCUT2D eigenvalue weighted by molar-refractivity contribution is 6.31. The third kappa shape index (κ3) is 1.94. The van der Waals surface area contributed by atoms with Gasteiger partial charge < -0.3 is 5.11 Å². The van der Waals surface area contributed by atoms with Gasteiger partial charge in [-0.05, 0) is 24.5 Å². The summed E-state index contributed by atoms with van der Waals surface area (Å²) in [6, 6.07) is 7.85. The van der Waals surface area contributed by atoms with E-state index in [1.807, 2.05) is 24.3 Å². The second kappa shape index (κ2) is 4.33. The molecule has 2 rings (SSSR count). The van der Waals surface area contributed by atoms with E-state index in [-0.39, 0.29) is 12.0 Å². The molecule has 0 spiro atoms. The van der Waals surface area contributed by atoms with Crippen LogP contribution in [0.2, 0.25) is 5.02 Å². The third-order valence-corrected chi connectivity index (χ3v) is 3.38. The average molecular weight is 211 g/mol. The summed E-state index contributed by atoms with van der Waals surface area (Å²) in [4.78, 5) is 0. The molecule has 14 heavy (non-hydrogen) atoms. The predicted molar refractivity (Wildman–Crippen MR) is 58.7 cm³/mol. The van der Waals surface area contributed by atoms with Crippen molar-refractivity contribution in [2.75, 3.05) is 0 Å². The van der Waals surface area contributed by atoms with E-state index in [0.717, 1.165) is 29.8 Å². The maximum absolute atomic E-state index is 9.89. The molecular formula is C12H15ClO. The fraction of sp³-hybridized carbons (Fsp3) is 0.500. The molecule has 0 heterocycles. The molecule has 1 N–H and O–H groups in total. The van der Waals surface area contributed by atoms with Gasteiger partial charge in [-0.1, -0.05) is 42.6 Å². The summed E-state index contributed by atoms with van der Waals surface area (Å²) >= 11 is 6.11. The van der Waals surface area contributed by atoms with E-state index in [2.05, 4.69) is 0 Å². The largest absolute Gasteiger partial charge is 0.392 e. The van der Waals surface area contributed by atoms with Gasteiger partial charge in [0, 0.05) is 10.9 Å². The Kier molecular flexibility index (Phi) is 3.09. The van der Waals surface area contributed by atoms with Crippen molar-refractivity contribution < 1.29 is 5.11 Å². The molecule has 1 nitrogen and oxygen atoms in total. The minimum absolute atomic E-state index is 0.205. The van der Waals surface area contributed by atoms with Gasteiger partial charge in [0.1, 0.15) is 0 Å². The van der Waals surface area contributed by atoms with Crippen molar-refractivity contribution >= 4 is 11.6 Å². The lowest BCUT2D eigenvalue weighted by atomic mass is 9.82. The minimum atomic E-state index is -0.205. The van der Waals surface area contributed by atoms with Crippen LogP contribution < -0.4 is 0 Å². The van der Waals surface area contributed by atoms with Gasteiger partial charge in [0.15, 0.2) is 0 Å². The summed E-state index contributed by atoms with van der Waals surface area (Å²) in [5.41, 5.74) is 1.11. The zero-order valence-electron chi connectivity index (χ0n) is 8.12. The number of hydrogen-bond donors (Lipinski definition) is 1. The van der Waals surface area contributed by atoms with Crippen molar-refractivity contribution in [2.24, 2.45) is 0 Å². The Morgan fingerprint density at radius 1 is 1.14 bits per heavy atom. The summed E-state index contributed by atoms with van der Waals surface area (Å²) in [5, 5.41) is 10.7. The number of halogens is 1. The average Bonchev–Trinajstić information content (AvgIpc) is 2.20. The van der Waals surface area contributed by atoms with Crippen molar-refractivity contribution in [1.29, 1.82) is 0 Å². The predicted octanol–water partition coefficient (Wildman–Crippen LogP) is 3.36. The Morgan fingerprint density at radius 2 is 1.86 bits per heavy atom. The van der Waals surface area contributed by atoms with E-state index in [0.29, 0.717) is 0 Å². The topological polar surface area (TPSA) is 20.2 Å². The third-order valence-electron chi connectivity index (χ3n) is 3.03. The summed E-state index contributed by atoms with van der Waals surface area (Å²) in [7, 11) is 0. The van der Waals surface area contributed by atoms with Gasteiger partial charge in [0.2, 0.25) is 0 Å². The summed E-state index contributed by atoms with van der Waals surface area (Å²) in [5.74, 6) is 0.248. The SMILES string of the molecule is O[C@H]1CCCC[C@H]1c1ccccc1Cl. The van der Waals surface area contributed by atoms with E-state index in [9.17, 15) is 5.11 Å². The van der Waals surface area contributed by atoms with Gasteiger partial charge in [0.25, 0.3) is 0 Å². The minimum Gasteiger partial charge on any atom is -0.392 e. The van der Waals surface area contributed by atoms with Crippen LogP contribution in [0.15, 0.2) is 24.3 Å². The van der Waals surface area contributed by atoms with Crippen molar-refractivity contribution in [3.63, 3.8) is 0 Å². The van der Waals surface area contributed by atoms with Crippen LogP contribution in [0.5, 0.6) is 0 Å². The lowest BCUT2D eigenvalue weighted by Crippen LogP contribution is -2.22. The van der Waals surface area contributed by atoms with Gasteiger partial charge in [-0.15, -0.1) is 0 Å². The molecule has 0 unspecified atom stereocenters. The zero-order chi connectivity index (χ0) is 9.97. The second-order valence-electron chi connectivity index (χ2n) is 3.98. The lowest BCUT2D eigenvalue weighted by molar-refractivity contribution is 0.106. The quantitative estimate of drug-likeness (QED) is 0.754. The molecule has 1 saturated carbocycles. The number of rotatable bonds is 1. The smallest absolute Gasteiger partial charge is 0.0609 e. The molecule has 0 amide bonds. The lowest BCUT2D eigenvalue weighted by Gasteiger charge is -2.28. The number of aliphatic hydroxyl groups excluding tert-OH is 1. The Bertz CT molecular complexity index is 311. The molecule has 1 aliphatic rings. The Morgan fingerprint density at radius 3 is 2.57 bits per heavy atom. The second-order valence-corrected chi connectivity index (χ2v) is 4.39. The number of benzene rings is 1. The maximum atomic E-state index is 9.89. The molecule has 2 heteroatoms. The van der Waals surface area contributed by atoms with Crippen LogP contribution in [0.1, 0.15) is 37.2 Å². The highest BCUT2D eigenvalue weighted by Crippen LogP contribution is 2.36. The van der Waals surface area contributed by atoms with Crippen LogP contribution in [0, 0.1) is 0 Å². The molecule has 1 fully saturated rings. The first-order chi connectivity index (χ1) is 6.79. The summed E-state index contributed by atoms with van der Waals surface area (Å²) in [6.07, 6.45) is 4.11. The highest BCUT2D eigenvalue weighted by Gasteiger charge is 2.25. The molecule has 0 aliphatic heterocycles. The normalized spacial score (nSPS) is 27.6. The number of hydrogen-bond acceptors (Lipinski definition) is 1. The first kappa shape index (κ1) is 10.0. The van der Waals surface area contributed by atoms with E-state index < -0.39 is 0 Å². The zero-order valence-corrected chi connectivity index (χ0v) is 8.87. The summed E-state index contributed by atoms with van der Waals surface area (Å²) < 4.78 is 0. The van der Waals surface area contributed by atoms with E-state index in [1.54, 1.807) is 0 Å². The highest BCUT2D eigenvalue weighted by atomic mass is 35.5. The summed E-state index contributed by atoms with van der Waals surface area (Å²) in [6.45, 7) is 0. The van der Waals surface area contributed by atoms with Crippen LogP contribution in [0.25, 0.3) is 0 Å². The van der Waals surface area contributed by atoms with Crippen LogP contribution in [-0.2, 0) is 0 Å². The van der Waals surface area contributed by atoms with Crippen molar-refractivity contribution in [3.8, 4) is 0 Å². The standard InChI is InChI=1S/C12H15ClO/c13-11-7-3-1-5-9(11)10-6-2-4-8-12(10)14/h1,3,5,7,10,12,14H,2,4,6,8H2/t10-,12-/m0/s1. The van der Waals surface area contributed by atoms with Gasteiger partial charge in [-0.2, -0.15) is 0 Å². The number of aliphatic hydroxyl groups is 1. The molecule has 0 radical (unpaired) electrons. The Balaban J connectivity index is 2.25.